The molecule has 1 nitrogen and oxygen atoms in total. The van der Waals surface area contributed by atoms with Crippen LogP contribution in [0.1, 0.15) is 57.6 Å². The molecule has 1 N–H and O–H groups in total. The lowest BCUT2D eigenvalue weighted by Crippen LogP contribution is -2.37. The fourth-order valence-corrected chi connectivity index (χ4v) is 3.20. The second kappa shape index (κ2) is 5.88. The minimum Gasteiger partial charge on any atom is -0.310 e. The predicted octanol–water partition coefficient (Wildman–Crippen LogP) is 4.31. The molecule has 1 aromatic carbocycles. The molecule has 2 rings (SSSR count). The highest BCUT2D eigenvalue weighted by atomic mass is 14.9. The maximum absolute atomic E-state index is 3.77. The van der Waals surface area contributed by atoms with Gasteiger partial charge in [0.25, 0.3) is 0 Å². The summed E-state index contributed by atoms with van der Waals surface area (Å²) >= 11 is 0. The number of hydrogen-bond acceptors (Lipinski definition) is 1. The topological polar surface area (TPSA) is 12.0 Å². The maximum Gasteiger partial charge on any atom is 0.0210 e. The first-order valence-corrected chi connectivity index (χ1v) is 7.41. The van der Waals surface area contributed by atoms with E-state index >= 15 is 0 Å². The summed E-state index contributed by atoms with van der Waals surface area (Å²) in [6.45, 7) is 8.08. The van der Waals surface area contributed by atoms with Crippen molar-refractivity contribution in [3.05, 3.63) is 35.4 Å². The van der Waals surface area contributed by atoms with Gasteiger partial charge >= 0.3 is 0 Å². The second-order valence-corrected chi connectivity index (χ2v) is 6.46. The summed E-state index contributed by atoms with van der Waals surface area (Å²) in [6.07, 6.45) is 6.56. The van der Waals surface area contributed by atoms with E-state index in [1.807, 2.05) is 0 Å². The van der Waals surface area contributed by atoms with Crippen LogP contribution >= 0.6 is 0 Å². The van der Waals surface area contributed by atoms with E-state index in [4.69, 9.17) is 0 Å². The molecule has 0 heterocycles. The van der Waals surface area contributed by atoms with Gasteiger partial charge in [0.15, 0.2) is 0 Å². The molecular weight excluding hydrogens is 218 g/mol. The van der Waals surface area contributed by atoms with E-state index in [2.05, 4.69) is 50.4 Å². The van der Waals surface area contributed by atoms with Crippen LogP contribution in [0.15, 0.2) is 24.3 Å². The Labute approximate surface area is 112 Å². The van der Waals surface area contributed by atoms with Crippen molar-refractivity contribution in [2.75, 3.05) is 0 Å². The van der Waals surface area contributed by atoms with Crippen LogP contribution in [0.3, 0.4) is 0 Å². The lowest BCUT2D eigenvalue weighted by Gasteiger charge is -2.35. The van der Waals surface area contributed by atoms with Crippen molar-refractivity contribution < 1.29 is 0 Å². The van der Waals surface area contributed by atoms with Crippen LogP contribution < -0.4 is 5.32 Å². The first-order valence-electron chi connectivity index (χ1n) is 7.41. The van der Waals surface area contributed by atoms with E-state index in [-0.39, 0.29) is 0 Å². The van der Waals surface area contributed by atoms with Crippen LogP contribution in [0, 0.1) is 5.41 Å². The lowest BCUT2D eigenvalue weighted by molar-refractivity contribution is 0.197. The Kier molecular flexibility index (Phi) is 4.45. The second-order valence-electron chi connectivity index (χ2n) is 6.46. The molecule has 1 aliphatic rings. The molecule has 0 amide bonds. The molecule has 1 unspecified atom stereocenters. The summed E-state index contributed by atoms with van der Waals surface area (Å²) < 4.78 is 0. The molecule has 0 bridgehead atoms. The highest BCUT2D eigenvalue weighted by molar-refractivity contribution is 5.26. The van der Waals surface area contributed by atoms with Crippen molar-refractivity contribution in [1.29, 1.82) is 0 Å². The van der Waals surface area contributed by atoms with Crippen molar-refractivity contribution in [3.8, 4) is 0 Å². The average molecular weight is 245 g/mol. The van der Waals surface area contributed by atoms with Gasteiger partial charge in [0.05, 0.1) is 0 Å². The van der Waals surface area contributed by atoms with Crippen LogP contribution in [0.25, 0.3) is 0 Å². The Bertz CT molecular complexity index is 381. The highest BCUT2D eigenvalue weighted by Gasteiger charge is 2.27. The minimum absolute atomic E-state index is 0.528. The average Bonchev–Trinajstić information content (AvgIpc) is 2.35. The maximum atomic E-state index is 3.77. The molecule has 0 saturated heterocycles. The van der Waals surface area contributed by atoms with Crippen LogP contribution in [0.4, 0.5) is 0 Å². The van der Waals surface area contributed by atoms with Gasteiger partial charge in [-0.15, -0.1) is 0 Å². The molecular formula is C17H27N. The smallest absolute Gasteiger partial charge is 0.0210 e. The molecule has 18 heavy (non-hydrogen) atoms. The Hall–Kier alpha value is -0.820. The molecule has 1 saturated carbocycles. The van der Waals surface area contributed by atoms with Crippen LogP contribution in [-0.4, -0.2) is 6.04 Å². The van der Waals surface area contributed by atoms with Crippen molar-refractivity contribution in [1.82, 2.24) is 5.32 Å². The molecule has 1 aromatic rings. The number of rotatable bonds is 4. The zero-order chi connectivity index (χ0) is 13.0. The molecule has 100 valence electrons. The van der Waals surface area contributed by atoms with Gasteiger partial charge in [0.2, 0.25) is 0 Å². The minimum atomic E-state index is 0.528. The zero-order valence-electron chi connectivity index (χ0n) is 12.1. The monoisotopic (exact) mass is 245 g/mol. The summed E-state index contributed by atoms with van der Waals surface area (Å²) in [5.41, 5.74) is 3.49. The van der Waals surface area contributed by atoms with E-state index in [0.717, 1.165) is 13.0 Å². The highest BCUT2D eigenvalue weighted by Crippen LogP contribution is 2.35. The van der Waals surface area contributed by atoms with Gasteiger partial charge in [-0.05, 0) is 42.2 Å². The number of benzene rings is 1. The van der Waals surface area contributed by atoms with Crippen LogP contribution in [0.5, 0.6) is 0 Å². The van der Waals surface area contributed by atoms with Crippen molar-refractivity contribution >= 4 is 0 Å². The fraction of sp³-hybridized carbons (Fsp3) is 0.647. The van der Waals surface area contributed by atoms with Gasteiger partial charge in [-0.3, -0.25) is 0 Å². The van der Waals surface area contributed by atoms with Gasteiger partial charge in [0, 0.05) is 12.6 Å². The lowest BCUT2D eigenvalue weighted by atomic mass is 9.75. The van der Waals surface area contributed by atoms with Gasteiger partial charge in [0.1, 0.15) is 0 Å². The third-order valence-corrected chi connectivity index (χ3v) is 4.29. The standard InChI is InChI=1S/C17H27N/c1-4-14-8-5-6-9-15(14)13-18-16-10-7-11-17(2,3)12-16/h5-6,8-9,16,18H,4,7,10-13H2,1-3H3. The number of nitrogens with one attached hydrogen (secondary N) is 1. The largest absolute Gasteiger partial charge is 0.310 e. The van der Waals surface area contributed by atoms with E-state index in [1.54, 1.807) is 0 Å². The zero-order valence-corrected chi connectivity index (χ0v) is 12.1. The molecule has 1 fully saturated rings. The van der Waals surface area contributed by atoms with Gasteiger partial charge < -0.3 is 5.32 Å². The summed E-state index contributed by atoms with van der Waals surface area (Å²) in [5, 5.41) is 3.77. The summed E-state index contributed by atoms with van der Waals surface area (Å²) in [6, 6.07) is 9.52. The van der Waals surface area contributed by atoms with E-state index in [1.165, 1.54) is 36.8 Å². The molecule has 0 aliphatic heterocycles. The van der Waals surface area contributed by atoms with E-state index < -0.39 is 0 Å². The normalized spacial score (nSPS) is 22.9. The SMILES string of the molecule is CCc1ccccc1CNC1CCCC(C)(C)C1. The third kappa shape index (κ3) is 3.58. The van der Waals surface area contributed by atoms with E-state index in [9.17, 15) is 0 Å². The van der Waals surface area contributed by atoms with Crippen molar-refractivity contribution in [3.63, 3.8) is 0 Å². The van der Waals surface area contributed by atoms with Crippen LogP contribution in [0.2, 0.25) is 0 Å². The molecule has 1 heteroatoms. The molecule has 0 aromatic heterocycles. The Morgan fingerprint density at radius 1 is 1.22 bits per heavy atom. The molecule has 1 atom stereocenters. The molecule has 0 radical (unpaired) electrons. The Morgan fingerprint density at radius 3 is 2.61 bits per heavy atom. The van der Waals surface area contributed by atoms with Gasteiger partial charge in [-0.2, -0.15) is 0 Å². The quantitative estimate of drug-likeness (QED) is 0.833. The Morgan fingerprint density at radius 2 is 1.94 bits per heavy atom. The Balaban J connectivity index is 1.91. The van der Waals surface area contributed by atoms with Crippen molar-refractivity contribution in [2.24, 2.45) is 5.41 Å². The predicted molar refractivity (Wildman–Crippen MR) is 78.7 cm³/mol. The summed E-state index contributed by atoms with van der Waals surface area (Å²) in [4.78, 5) is 0. The van der Waals surface area contributed by atoms with Gasteiger partial charge in [-0.25, -0.2) is 0 Å². The molecule has 1 aliphatic carbocycles. The third-order valence-electron chi connectivity index (χ3n) is 4.29. The van der Waals surface area contributed by atoms with Crippen molar-refractivity contribution in [2.45, 2.75) is 65.5 Å². The molecule has 0 spiro atoms. The first-order chi connectivity index (χ1) is 8.61. The first kappa shape index (κ1) is 13.6. The fourth-order valence-electron chi connectivity index (χ4n) is 3.20. The van der Waals surface area contributed by atoms with Crippen LogP contribution in [-0.2, 0) is 13.0 Å². The summed E-state index contributed by atoms with van der Waals surface area (Å²) in [5.74, 6) is 0. The van der Waals surface area contributed by atoms with Gasteiger partial charge in [-0.1, -0.05) is 51.5 Å². The number of hydrogen-bond donors (Lipinski definition) is 1. The summed E-state index contributed by atoms with van der Waals surface area (Å²) in [7, 11) is 0. The van der Waals surface area contributed by atoms with E-state index in [0.29, 0.717) is 11.5 Å². The number of aryl methyl sites for hydroxylation is 1.